The Morgan fingerprint density at radius 1 is 1.27 bits per heavy atom. The van der Waals surface area contributed by atoms with Gasteiger partial charge in [0.2, 0.25) is 0 Å². The van der Waals surface area contributed by atoms with Crippen LogP contribution < -0.4 is 15.8 Å². The minimum Gasteiger partial charge on any atom is -0.496 e. The van der Waals surface area contributed by atoms with Gasteiger partial charge in [-0.15, -0.1) is 24.9 Å². The second kappa shape index (κ2) is 12.5. The first kappa shape index (κ1) is 22.1. The van der Waals surface area contributed by atoms with Gasteiger partial charge >= 0.3 is 0 Å². The number of primary amides is 1. The van der Waals surface area contributed by atoms with Crippen LogP contribution in [0.1, 0.15) is 24.2 Å². The van der Waals surface area contributed by atoms with Crippen molar-refractivity contribution in [2.75, 3.05) is 18.7 Å². The first-order valence-corrected chi connectivity index (χ1v) is 7.74. The van der Waals surface area contributed by atoms with E-state index in [0.29, 0.717) is 16.3 Å². The summed E-state index contributed by atoms with van der Waals surface area (Å²) in [4.78, 5) is 23.4. The van der Waals surface area contributed by atoms with E-state index >= 15 is 0 Å². The normalized spacial score (nSPS) is 8.36. The molecule has 0 saturated carbocycles. The fourth-order valence-corrected chi connectivity index (χ4v) is 1.58. The van der Waals surface area contributed by atoms with Crippen LogP contribution in [-0.4, -0.2) is 25.2 Å². The van der Waals surface area contributed by atoms with Gasteiger partial charge in [0.1, 0.15) is 11.3 Å². The Labute approximate surface area is 136 Å². The van der Waals surface area contributed by atoms with E-state index in [1.165, 1.54) is 18.9 Å². The molecule has 5 nitrogen and oxygen atoms in total. The quantitative estimate of drug-likeness (QED) is 0.642. The van der Waals surface area contributed by atoms with Crippen LogP contribution in [0.3, 0.4) is 0 Å². The van der Waals surface area contributed by atoms with Crippen LogP contribution in [0.4, 0.5) is 5.69 Å². The lowest BCUT2D eigenvalue weighted by Crippen LogP contribution is -2.19. The van der Waals surface area contributed by atoms with E-state index in [9.17, 15) is 9.59 Å². The van der Waals surface area contributed by atoms with Crippen molar-refractivity contribution in [3.05, 3.63) is 48.4 Å². The Kier molecular flexibility index (Phi) is 12.6. The third-order valence-electron chi connectivity index (χ3n) is 2.24. The van der Waals surface area contributed by atoms with Gasteiger partial charge in [-0.25, -0.2) is 0 Å². The highest BCUT2D eigenvalue weighted by molar-refractivity contribution is 8.03. The lowest BCUT2D eigenvalue weighted by Gasteiger charge is -2.12. The molecule has 0 aliphatic rings. The number of thioether (sulfide) groups is 1. The summed E-state index contributed by atoms with van der Waals surface area (Å²) in [6, 6.07) is 4.83. The van der Waals surface area contributed by atoms with E-state index in [1.807, 2.05) is 13.8 Å². The van der Waals surface area contributed by atoms with Gasteiger partial charge in [0.05, 0.1) is 17.7 Å². The maximum Gasteiger partial charge on any atom is 0.261 e. The predicted molar refractivity (Wildman–Crippen MR) is 95.4 cm³/mol. The highest BCUT2D eigenvalue weighted by Gasteiger charge is 2.16. The van der Waals surface area contributed by atoms with E-state index in [4.69, 9.17) is 10.5 Å². The molecule has 0 spiro atoms. The summed E-state index contributed by atoms with van der Waals surface area (Å²) in [5.74, 6) is -0.731. The molecular weight excluding hydrogens is 300 g/mol. The Morgan fingerprint density at radius 3 is 2.23 bits per heavy atom. The Morgan fingerprint density at radius 2 is 1.82 bits per heavy atom. The SMILES string of the molecule is C=C.C=C(SC)C(=O)Nc1cccc(OC)c1C(N)=O.CC. The summed E-state index contributed by atoms with van der Waals surface area (Å²) in [6.07, 6.45) is 1.74. The number of rotatable bonds is 5. The Bertz CT molecular complexity index is 516. The molecule has 1 rings (SSSR count). The van der Waals surface area contributed by atoms with Crippen LogP contribution >= 0.6 is 11.8 Å². The molecule has 3 N–H and O–H groups in total. The molecule has 0 aliphatic carbocycles. The van der Waals surface area contributed by atoms with Gasteiger partial charge in [-0.1, -0.05) is 26.5 Å². The first-order valence-electron chi connectivity index (χ1n) is 6.52. The van der Waals surface area contributed by atoms with E-state index in [2.05, 4.69) is 25.1 Å². The molecule has 122 valence electrons. The van der Waals surface area contributed by atoms with Crippen molar-refractivity contribution < 1.29 is 14.3 Å². The molecule has 1 aromatic rings. The minimum absolute atomic E-state index is 0.141. The lowest BCUT2D eigenvalue weighted by molar-refractivity contribution is -0.112. The minimum atomic E-state index is -0.669. The number of carbonyl (C=O) groups excluding carboxylic acids is 2. The molecule has 0 aromatic heterocycles. The molecule has 0 atom stereocenters. The van der Waals surface area contributed by atoms with Crippen molar-refractivity contribution >= 4 is 29.3 Å². The van der Waals surface area contributed by atoms with Gasteiger partial charge in [-0.3, -0.25) is 9.59 Å². The monoisotopic (exact) mass is 324 g/mol. The third kappa shape index (κ3) is 6.49. The topological polar surface area (TPSA) is 81.4 Å². The first-order chi connectivity index (χ1) is 10.5. The summed E-state index contributed by atoms with van der Waals surface area (Å²) >= 11 is 1.22. The number of nitrogens with two attached hydrogens (primary N) is 1. The Balaban J connectivity index is 0. The highest BCUT2D eigenvalue weighted by Crippen LogP contribution is 2.26. The molecule has 0 heterocycles. The van der Waals surface area contributed by atoms with Gasteiger partial charge in [0.25, 0.3) is 11.8 Å². The van der Waals surface area contributed by atoms with Crippen LogP contribution in [0, 0.1) is 0 Å². The van der Waals surface area contributed by atoms with Gasteiger partial charge in [-0.2, -0.15) is 0 Å². The standard InChI is InChI=1S/C12H14N2O3S.C2H6.C2H4/c1-7(18-3)12(16)14-8-5-4-6-9(17-2)10(8)11(13)15;2*1-2/h4-6H,1H2,2-3H3,(H2,13,15)(H,14,16);1-2H3;1-2H2. The zero-order valence-corrected chi connectivity index (χ0v) is 14.4. The molecule has 0 saturated heterocycles. The molecule has 0 radical (unpaired) electrons. The fraction of sp³-hybridized carbons (Fsp3) is 0.250. The number of methoxy groups -OCH3 is 1. The van der Waals surface area contributed by atoms with E-state index < -0.39 is 5.91 Å². The summed E-state index contributed by atoms with van der Waals surface area (Å²) in [7, 11) is 1.42. The van der Waals surface area contributed by atoms with Crippen LogP contribution in [0.15, 0.2) is 42.8 Å². The van der Waals surface area contributed by atoms with E-state index in [1.54, 1.807) is 24.5 Å². The van der Waals surface area contributed by atoms with Crippen molar-refractivity contribution in [3.63, 3.8) is 0 Å². The maximum absolute atomic E-state index is 11.7. The summed E-state index contributed by atoms with van der Waals surface area (Å²) in [5.41, 5.74) is 5.73. The molecule has 0 unspecified atom stereocenters. The van der Waals surface area contributed by atoms with Gasteiger partial charge < -0.3 is 15.8 Å². The average Bonchev–Trinajstić information content (AvgIpc) is 2.57. The molecule has 0 aliphatic heterocycles. The molecular formula is C16H24N2O3S. The second-order valence-electron chi connectivity index (χ2n) is 3.33. The number of hydrogen-bond acceptors (Lipinski definition) is 4. The molecule has 0 fully saturated rings. The predicted octanol–water partition coefficient (Wildman–Crippen LogP) is 3.44. The molecule has 0 bridgehead atoms. The largest absolute Gasteiger partial charge is 0.496 e. The van der Waals surface area contributed by atoms with Crippen molar-refractivity contribution in [2.24, 2.45) is 5.73 Å². The van der Waals surface area contributed by atoms with Crippen molar-refractivity contribution in [3.8, 4) is 5.75 Å². The zero-order chi connectivity index (χ0) is 17.7. The number of ether oxygens (including phenoxy) is 1. The average molecular weight is 324 g/mol. The maximum atomic E-state index is 11.7. The van der Waals surface area contributed by atoms with Crippen LogP contribution in [-0.2, 0) is 4.79 Å². The smallest absolute Gasteiger partial charge is 0.261 e. The number of anilines is 1. The zero-order valence-electron chi connectivity index (χ0n) is 13.6. The molecule has 2 amide bonds. The number of benzene rings is 1. The highest BCUT2D eigenvalue weighted by atomic mass is 32.2. The number of hydrogen-bond donors (Lipinski definition) is 2. The second-order valence-corrected chi connectivity index (χ2v) is 4.23. The summed E-state index contributed by atoms with van der Waals surface area (Å²) in [6.45, 7) is 13.6. The van der Waals surface area contributed by atoms with Crippen LogP contribution in [0.25, 0.3) is 0 Å². The Hall–Kier alpha value is -2.21. The van der Waals surface area contributed by atoms with Crippen molar-refractivity contribution in [1.29, 1.82) is 0 Å². The fourth-order valence-electron chi connectivity index (χ4n) is 1.34. The van der Waals surface area contributed by atoms with E-state index in [0.717, 1.165) is 0 Å². The van der Waals surface area contributed by atoms with Crippen LogP contribution in [0.2, 0.25) is 0 Å². The number of amides is 2. The summed E-state index contributed by atoms with van der Waals surface area (Å²) < 4.78 is 5.04. The van der Waals surface area contributed by atoms with Crippen LogP contribution in [0.5, 0.6) is 5.75 Å². The number of carbonyl (C=O) groups is 2. The lowest BCUT2D eigenvalue weighted by atomic mass is 10.1. The van der Waals surface area contributed by atoms with Crippen molar-refractivity contribution in [2.45, 2.75) is 13.8 Å². The number of nitrogens with one attached hydrogen (secondary N) is 1. The van der Waals surface area contributed by atoms with E-state index in [-0.39, 0.29) is 11.5 Å². The van der Waals surface area contributed by atoms with Gasteiger partial charge in [0, 0.05) is 0 Å². The summed E-state index contributed by atoms with van der Waals surface area (Å²) in [5, 5.41) is 2.58. The molecule has 6 heteroatoms. The van der Waals surface area contributed by atoms with Crippen molar-refractivity contribution in [1.82, 2.24) is 0 Å². The molecule has 22 heavy (non-hydrogen) atoms. The van der Waals surface area contributed by atoms with Gasteiger partial charge in [0.15, 0.2) is 0 Å². The third-order valence-corrected chi connectivity index (χ3v) is 2.92. The molecule has 1 aromatic carbocycles. The van der Waals surface area contributed by atoms with Gasteiger partial charge in [-0.05, 0) is 18.4 Å².